The molecule has 0 aliphatic heterocycles. The zero-order valence-electron chi connectivity index (χ0n) is 15.6. The lowest BCUT2D eigenvalue weighted by atomic mass is 10.1. The third-order valence-corrected chi connectivity index (χ3v) is 4.68. The van der Waals surface area contributed by atoms with Crippen molar-refractivity contribution in [1.82, 2.24) is 9.55 Å². The van der Waals surface area contributed by atoms with Gasteiger partial charge >= 0.3 is 0 Å². The largest absolute Gasteiger partial charge is 0.497 e. The van der Waals surface area contributed by atoms with Gasteiger partial charge in [-0.25, -0.2) is 0 Å². The Labute approximate surface area is 163 Å². The molecule has 28 heavy (non-hydrogen) atoms. The first-order chi connectivity index (χ1) is 13.7. The van der Waals surface area contributed by atoms with Crippen molar-refractivity contribution in [2.45, 2.75) is 13.0 Å². The van der Waals surface area contributed by atoms with E-state index in [0.717, 1.165) is 34.4 Å². The zero-order valence-corrected chi connectivity index (χ0v) is 15.6. The number of pyridine rings is 1. The lowest BCUT2D eigenvalue weighted by molar-refractivity contribution is -0.115. The van der Waals surface area contributed by atoms with Crippen LogP contribution in [0.4, 0.5) is 5.69 Å². The molecule has 140 valence electrons. The molecular weight excluding hydrogens is 350 g/mol. The SMILES string of the molecule is COc1ccc2c(c1)c(CC(=O)Nc1ccncc1)cn2Cc1ccccc1. The van der Waals surface area contributed by atoms with Crippen LogP contribution in [0, 0.1) is 0 Å². The van der Waals surface area contributed by atoms with Crippen molar-refractivity contribution in [1.29, 1.82) is 0 Å². The first kappa shape index (κ1) is 17.8. The summed E-state index contributed by atoms with van der Waals surface area (Å²) in [5.74, 6) is 0.716. The summed E-state index contributed by atoms with van der Waals surface area (Å²) in [6, 6.07) is 19.8. The average molecular weight is 371 g/mol. The van der Waals surface area contributed by atoms with Crippen LogP contribution in [0.25, 0.3) is 10.9 Å². The number of hydrogen-bond acceptors (Lipinski definition) is 3. The summed E-state index contributed by atoms with van der Waals surface area (Å²) in [5, 5.41) is 3.95. The van der Waals surface area contributed by atoms with Gasteiger partial charge in [0.2, 0.25) is 5.91 Å². The molecule has 5 nitrogen and oxygen atoms in total. The molecule has 4 rings (SSSR count). The fourth-order valence-corrected chi connectivity index (χ4v) is 3.34. The first-order valence-corrected chi connectivity index (χ1v) is 9.12. The van der Waals surface area contributed by atoms with E-state index in [0.29, 0.717) is 0 Å². The Morgan fingerprint density at radius 2 is 1.86 bits per heavy atom. The van der Waals surface area contributed by atoms with Gasteiger partial charge in [0.1, 0.15) is 5.75 Å². The first-order valence-electron chi connectivity index (χ1n) is 9.12. The predicted octanol–water partition coefficient (Wildman–Crippen LogP) is 4.27. The van der Waals surface area contributed by atoms with Crippen LogP contribution in [0.3, 0.4) is 0 Å². The minimum atomic E-state index is -0.0622. The van der Waals surface area contributed by atoms with Crippen LogP contribution in [0.5, 0.6) is 5.75 Å². The Bertz CT molecular complexity index is 1090. The van der Waals surface area contributed by atoms with Crippen molar-refractivity contribution in [3.63, 3.8) is 0 Å². The van der Waals surface area contributed by atoms with Crippen molar-refractivity contribution in [2.75, 3.05) is 12.4 Å². The van der Waals surface area contributed by atoms with E-state index in [1.165, 1.54) is 5.56 Å². The van der Waals surface area contributed by atoms with E-state index in [9.17, 15) is 4.79 Å². The highest BCUT2D eigenvalue weighted by Gasteiger charge is 2.13. The third-order valence-electron chi connectivity index (χ3n) is 4.68. The van der Waals surface area contributed by atoms with E-state index >= 15 is 0 Å². The Hall–Kier alpha value is -3.60. The quantitative estimate of drug-likeness (QED) is 0.551. The maximum Gasteiger partial charge on any atom is 0.228 e. The molecule has 0 radical (unpaired) electrons. The third kappa shape index (κ3) is 3.88. The van der Waals surface area contributed by atoms with Crippen LogP contribution in [0.15, 0.2) is 79.3 Å². The number of carbonyl (C=O) groups excluding carboxylic acids is 1. The lowest BCUT2D eigenvalue weighted by Crippen LogP contribution is -2.14. The van der Waals surface area contributed by atoms with E-state index in [2.05, 4.69) is 33.2 Å². The number of nitrogens with zero attached hydrogens (tertiary/aromatic N) is 2. The molecule has 5 heteroatoms. The van der Waals surface area contributed by atoms with Gasteiger partial charge in [-0.2, -0.15) is 0 Å². The maximum absolute atomic E-state index is 12.6. The molecule has 0 saturated carbocycles. The number of carbonyl (C=O) groups is 1. The Balaban J connectivity index is 1.65. The summed E-state index contributed by atoms with van der Waals surface area (Å²) < 4.78 is 7.57. The van der Waals surface area contributed by atoms with E-state index in [1.807, 2.05) is 36.4 Å². The summed E-state index contributed by atoms with van der Waals surface area (Å²) in [6.07, 6.45) is 5.66. The van der Waals surface area contributed by atoms with Gasteiger partial charge < -0.3 is 14.6 Å². The van der Waals surface area contributed by atoms with E-state index in [4.69, 9.17) is 4.74 Å². The molecule has 0 aliphatic carbocycles. The monoisotopic (exact) mass is 371 g/mol. The van der Waals surface area contributed by atoms with Crippen LogP contribution in [0.2, 0.25) is 0 Å². The fourth-order valence-electron chi connectivity index (χ4n) is 3.34. The topological polar surface area (TPSA) is 56.1 Å². The molecule has 0 saturated heterocycles. The smallest absolute Gasteiger partial charge is 0.228 e. The molecule has 0 spiro atoms. The Kier molecular flexibility index (Phi) is 5.06. The standard InChI is InChI=1S/C23H21N3O2/c1-28-20-7-8-22-21(14-20)18(13-23(27)25-19-9-11-24-12-10-19)16-26(22)15-17-5-3-2-4-6-17/h2-12,14,16H,13,15H2,1H3,(H,24,25,27). The van der Waals surface area contributed by atoms with Gasteiger partial charge in [0.25, 0.3) is 0 Å². The number of aromatic nitrogens is 2. The summed E-state index contributed by atoms with van der Waals surface area (Å²) in [4.78, 5) is 16.5. The van der Waals surface area contributed by atoms with Crippen LogP contribution in [-0.2, 0) is 17.8 Å². The van der Waals surface area contributed by atoms with Gasteiger partial charge in [0.15, 0.2) is 0 Å². The molecule has 4 aromatic rings. The van der Waals surface area contributed by atoms with Gasteiger partial charge in [0.05, 0.1) is 13.5 Å². The average Bonchev–Trinajstić information content (AvgIpc) is 3.05. The highest BCUT2D eigenvalue weighted by Crippen LogP contribution is 2.27. The summed E-state index contributed by atoms with van der Waals surface area (Å²) in [5.41, 5.74) is 4.00. The molecule has 2 aromatic heterocycles. The Morgan fingerprint density at radius 1 is 1.07 bits per heavy atom. The molecular formula is C23H21N3O2. The molecule has 0 bridgehead atoms. The van der Waals surface area contributed by atoms with Crippen LogP contribution >= 0.6 is 0 Å². The molecule has 0 fully saturated rings. The highest BCUT2D eigenvalue weighted by atomic mass is 16.5. The number of amides is 1. The zero-order chi connectivity index (χ0) is 19.3. The second-order valence-corrected chi connectivity index (χ2v) is 6.61. The minimum absolute atomic E-state index is 0.0622. The maximum atomic E-state index is 12.6. The summed E-state index contributed by atoms with van der Waals surface area (Å²) in [7, 11) is 1.65. The summed E-state index contributed by atoms with van der Waals surface area (Å²) in [6.45, 7) is 0.746. The van der Waals surface area contributed by atoms with Gasteiger partial charge in [0, 0.05) is 41.7 Å². The molecule has 2 aromatic carbocycles. The number of methoxy groups -OCH3 is 1. The molecule has 2 heterocycles. The van der Waals surface area contributed by atoms with Gasteiger partial charge in [-0.3, -0.25) is 9.78 Å². The second kappa shape index (κ2) is 7.96. The van der Waals surface area contributed by atoms with E-state index < -0.39 is 0 Å². The number of benzene rings is 2. The highest BCUT2D eigenvalue weighted by molar-refractivity contribution is 5.96. The van der Waals surface area contributed by atoms with Crippen LogP contribution in [0.1, 0.15) is 11.1 Å². The number of hydrogen-bond donors (Lipinski definition) is 1. The molecule has 0 unspecified atom stereocenters. The number of rotatable bonds is 6. The number of anilines is 1. The molecule has 1 N–H and O–H groups in total. The summed E-state index contributed by atoms with van der Waals surface area (Å²) >= 11 is 0. The van der Waals surface area contributed by atoms with Gasteiger partial charge in [-0.1, -0.05) is 30.3 Å². The Morgan fingerprint density at radius 3 is 2.61 bits per heavy atom. The van der Waals surface area contributed by atoms with Gasteiger partial charge in [-0.05, 0) is 41.5 Å². The lowest BCUT2D eigenvalue weighted by Gasteiger charge is -2.06. The van der Waals surface area contributed by atoms with Crippen LogP contribution < -0.4 is 10.1 Å². The van der Waals surface area contributed by atoms with Crippen molar-refractivity contribution >= 4 is 22.5 Å². The van der Waals surface area contributed by atoms with E-state index in [1.54, 1.807) is 31.6 Å². The van der Waals surface area contributed by atoms with E-state index in [-0.39, 0.29) is 12.3 Å². The van der Waals surface area contributed by atoms with Crippen molar-refractivity contribution < 1.29 is 9.53 Å². The van der Waals surface area contributed by atoms with Crippen molar-refractivity contribution in [2.24, 2.45) is 0 Å². The van der Waals surface area contributed by atoms with Crippen molar-refractivity contribution in [3.05, 3.63) is 90.4 Å². The molecule has 0 atom stereocenters. The number of nitrogens with one attached hydrogen (secondary N) is 1. The van der Waals surface area contributed by atoms with Crippen molar-refractivity contribution in [3.8, 4) is 5.75 Å². The number of ether oxygens (including phenoxy) is 1. The van der Waals surface area contributed by atoms with Gasteiger partial charge in [-0.15, -0.1) is 0 Å². The minimum Gasteiger partial charge on any atom is -0.497 e. The fraction of sp³-hybridized carbons (Fsp3) is 0.130. The molecule has 0 aliphatic rings. The van der Waals surface area contributed by atoms with Crippen LogP contribution in [-0.4, -0.2) is 22.6 Å². The number of fused-ring (bicyclic) bond motifs is 1. The molecule has 1 amide bonds. The second-order valence-electron chi connectivity index (χ2n) is 6.61. The normalized spacial score (nSPS) is 10.8. The predicted molar refractivity (Wildman–Crippen MR) is 111 cm³/mol.